The van der Waals surface area contributed by atoms with Crippen molar-refractivity contribution in [1.82, 2.24) is 5.32 Å². The van der Waals surface area contributed by atoms with E-state index in [1.807, 2.05) is 6.08 Å². The number of nitrogens with one attached hydrogen (secondary N) is 1. The van der Waals surface area contributed by atoms with Gasteiger partial charge in [0.1, 0.15) is 3.23 Å². The zero-order valence-corrected chi connectivity index (χ0v) is 8.68. The summed E-state index contributed by atoms with van der Waals surface area (Å²) >= 11 is 10.2. The Morgan fingerprint density at radius 1 is 1.62 bits per heavy atom. The zero-order chi connectivity index (χ0) is 6.20. The fraction of sp³-hybridized carbons (Fsp3) is 0.500. The summed E-state index contributed by atoms with van der Waals surface area (Å²) in [5, 5.41) is 3.09. The van der Waals surface area contributed by atoms with E-state index in [0.717, 1.165) is 11.2 Å². The van der Waals surface area contributed by atoms with Crippen LogP contribution in [0.4, 0.5) is 0 Å². The molecule has 0 radical (unpaired) electrons. The molecule has 0 aromatic carbocycles. The van der Waals surface area contributed by atoms with Crippen LogP contribution < -0.4 is 5.32 Å². The second-order valence-electron chi connectivity index (χ2n) is 1.61. The van der Waals surface area contributed by atoms with Gasteiger partial charge in [0.05, 0.1) is 4.61 Å². The van der Waals surface area contributed by atoms with Gasteiger partial charge in [0.15, 0.2) is 0 Å². The molecule has 1 N–H and O–H groups in total. The second kappa shape index (κ2) is 2.31. The first-order valence-corrected chi connectivity index (χ1v) is 4.48. The van der Waals surface area contributed by atoms with Crippen molar-refractivity contribution in [1.29, 1.82) is 0 Å². The van der Waals surface area contributed by atoms with Crippen LogP contribution in [0.25, 0.3) is 0 Å². The highest BCUT2D eigenvalue weighted by Gasteiger charge is 2.24. The van der Waals surface area contributed by atoms with Gasteiger partial charge in [0.25, 0.3) is 0 Å². The summed E-state index contributed by atoms with van der Waals surface area (Å²) in [5.41, 5.74) is 0. The molecule has 1 aliphatic heterocycles. The van der Waals surface area contributed by atoms with Gasteiger partial charge in [-0.2, -0.15) is 0 Å². The first-order chi connectivity index (χ1) is 3.60. The highest BCUT2D eigenvalue weighted by Crippen LogP contribution is 2.33. The van der Waals surface area contributed by atoms with Crippen LogP contribution in [0.1, 0.15) is 0 Å². The smallest absolute Gasteiger partial charge is 0.118 e. The number of hydrogen-bond donors (Lipinski definition) is 1. The Bertz CT molecular complexity index is 129. The van der Waals surface area contributed by atoms with Crippen LogP contribution in [0, 0.1) is 0 Å². The summed E-state index contributed by atoms with van der Waals surface area (Å²) in [4.78, 5) is 0. The number of alkyl halides is 2. The molecule has 1 rings (SSSR count). The van der Waals surface area contributed by atoms with Crippen LogP contribution in [0.3, 0.4) is 0 Å². The maximum Gasteiger partial charge on any atom is 0.118 e. The third-order valence-electron chi connectivity index (χ3n) is 0.831. The third-order valence-corrected chi connectivity index (χ3v) is 2.36. The van der Waals surface area contributed by atoms with E-state index in [1.165, 1.54) is 0 Å². The quantitative estimate of drug-likeness (QED) is 0.535. The molecule has 8 heavy (non-hydrogen) atoms. The fourth-order valence-electron chi connectivity index (χ4n) is 0.490. The lowest BCUT2D eigenvalue weighted by molar-refractivity contribution is 0.907. The van der Waals surface area contributed by atoms with E-state index in [4.69, 9.17) is 0 Å². The van der Waals surface area contributed by atoms with Crippen molar-refractivity contribution in [2.45, 2.75) is 3.23 Å². The van der Waals surface area contributed by atoms with Crippen molar-refractivity contribution in [2.24, 2.45) is 0 Å². The molecule has 0 amide bonds. The molecule has 0 unspecified atom stereocenters. The maximum atomic E-state index is 3.43. The van der Waals surface area contributed by atoms with Gasteiger partial charge in [0, 0.05) is 6.54 Å². The van der Waals surface area contributed by atoms with E-state index >= 15 is 0 Å². The first-order valence-electron chi connectivity index (χ1n) is 2.10. The zero-order valence-electron chi connectivity index (χ0n) is 3.92. The van der Waals surface area contributed by atoms with E-state index in [-0.39, 0.29) is 3.23 Å². The molecule has 46 valence electrons. The SMILES string of the molecule is BrC1=CC(Br)(Br)CN1. The topological polar surface area (TPSA) is 12.0 Å². The summed E-state index contributed by atoms with van der Waals surface area (Å²) in [6, 6.07) is 0. The lowest BCUT2D eigenvalue weighted by Crippen LogP contribution is -2.16. The molecule has 0 fully saturated rings. The Labute approximate surface area is 73.3 Å². The summed E-state index contributed by atoms with van der Waals surface area (Å²) < 4.78 is 1.00. The monoisotopic (exact) mass is 303 g/mol. The lowest BCUT2D eigenvalue weighted by Gasteiger charge is -2.05. The van der Waals surface area contributed by atoms with Gasteiger partial charge in [-0.3, -0.25) is 0 Å². The van der Waals surface area contributed by atoms with E-state index in [2.05, 4.69) is 53.1 Å². The largest absolute Gasteiger partial charge is 0.377 e. The van der Waals surface area contributed by atoms with E-state index in [0.29, 0.717) is 0 Å². The molecule has 0 aromatic heterocycles. The fourth-order valence-corrected chi connectivity index (χ4v) is 2.37. The molecule has 4 heteroatoms. The molecule has 0 saturated heterocycles. The van der Waals surface area contributed by atoms with Crippen LogP contribution >= 0.6 is 47.8 Å². The van der Waals surface area contributed by atoms with Gasteiger partial charge < -0.3 is 5.32 Å². The van der Waals surface area contributed by atoms with Crippen molar-refractivity contribution in [3.05, 3.63) is 10.7 Å². The van der Waals surface area contributed by atoms with Gasteiger partial charge in [0.2, 0.25) is 0 Å². The van der Waals surface area contributed by atoms with E-state index in [1.54, 1.807) is 0 Å². The second-order valence-corrected chi connectivity index (χ2v) is 6.36. The Hall–Kier alpha value is 0.980. The van der Waals surface area contributed by atoms with Gasteiger partial charge >= 0.3 is 0 Å². The molecule has 0 aliphatic carbocycles. The van der Waals surface area contributed by atoms with Gasteiger partial charge in [-0.15, -0.1) is 0 Å². The van der Waals surface area contributed by atoms with Crippen LogP contribution in [0.2, 0.25) is 0 Å². The predicted molar refractivity (Wildman–Crippen MR) is 45.6 cm³/mol. The number of rotatable bonds is 0. The molecule has 0 bridgehead atoms. The highest BCUT2D eigenvalue weighted by atomic mass is 79.9. The Morgan fingerprint density at radius 3 is 2.38 bits per heavy atom. The van der Waals surface area contributed by atoms with Crippen LogP contribution in [0.15, 0.2) is 10.7 Å². The van der Waals surface area contributed by atoms with Crippen molar-refractivity contribution < 1.29 is 0 Å². The van der Waals surface area contributed by atoms with Crippen LogP contribution in [-0.2, 0) is 0 Å². The summed E-state index contributed by atoms with van der Waals surface area (Å²) in [6.07, 6.45) is 2.02. The van der Waals surface area contributed by atoms with Crippen LogP contribution in [-0.4, -0.2) is 9.78 Å². The van der Waals surface area contributed by atoms with E-state index < -0.39 is 0 Å². The summed E-state index contributed by atoms with van der Waals surface area (Å²) in [5.74, 6) is 0. The molecule has 0 spiro atoms. The molecule has 1 heterocycles. The Morgan fingerprint density at radius 2 is 2.25 bits per heavy atom. The molecule has 0 atom stereocenters. The molecule has 0 aromatic rings. The predicted octanol–water partition coefficient (Wildman–Crippen LogP) is 2.31. The molecule has 1 aliphatic rings. The van der Waals surface area contributed by atoms with Crippen LogP contribution in [0.5, 0.6) is 0 Å². The minimum absolute atomic E-state index is 0.0289. The number of halogens is 3. The Kier molecular flexibility index (Phi) is 2.05. The molecule has 0 saturated carbocycles. The van der Waals surface area contributed by atoms with Crippen molar-refractivity contribution in [3.63, 3.8) is 0 Å². The minimum atomic E-state index is -0.0289. The van der Waals surface area contributed by atoms with Gasteiger partial charge in [-0.1, -0.05) is 31.9 Å². The maximum absolute atomic E-state index is 3.43. The summed E-state index contributed by atoms with van der Waals surface area (Å²) in [7, 11) is 0. The highest BCUT2D eigenvalue weighted by molar-refractivity contribution is 9.25. The third kappa shape index (κ3) is 1.74. The van der Waals surface area contributed by atoms with Crippen molar-refractivity contribution in [3.8, 4) is 0 Å². The lowest BCUT2D eigenvalue weighted by atomic mass is 10.5. The van der Waals surface area contributed by atoms with E-state index in [9.17, 15) is 0 Å². The van der Waals surface area contributed by atoms with Gasteiger partial charge in [-0.05, 0) is 22.0 Å². The molecular formula is C4H4Br3N. The first kappa shape index (κ1) is 7.09. The standard InChI is InChI=1S/C4H4Br3N/c5-3-1-4(6,7)2-8-3/h1,8H,2H2. The average Bonchev–Trinajstić information content (AvgIpc) is 1.82. The minimum Gasteiger partial charge on any atom is -0.377 e. The summed E-state index contributed by atoms with van der Waals surface area (Å²) in [6.45, 7) is 0.883. The normalized spacial score (nSPS) is 24.6. The molecular weight excluding hydrogens is 302 g/mol. The average molecular weight is 306 g/mol. The van der Waals surface area contributed by atoms with Crippen molar-refractivity contribution in [2.75, 3.05) is 6.54 Å². The van der Waals surface area contributed by atoms with Gasteiger partial charge in [-0.25, -0.2) is 0 Å². The Balaban J connectivity index is 2.67. The van der Waals surface area contributed by atoms with Crippen molar-refractivity contribution >= 4 is 47.8 Å². The number of hydrogen-bond acceptors (Lipinski definition) is 1. The molecule has 1 nitrogen and oxygen atoms in total.